The monoisotopic (exact) mass is 192 g/mol. The minimum absolute atomic E-state index is 0.291. The molecule has 2 nitrogen and oxygen atoms in total. The van der Waals surface area contributed by atoms with Crippen LogP contribution in [0, 0.1) is 0 Å². The van der Waals surface area contributed by atoms with Gasteiger partial charge in [0.05, 0.1) is 0 Å². The van der Waals surface area contributed by atoms with E-state index in [1.165, 1.54) is 5.21 Å². The van der Waals surface area contributed by atoms with Crippen LogP contribution in [-0.4, -0.2) is 35.5 Å². The van der Waals surface area contributed by atoms with Crippen molar-refractivity contribution < 1.29 is 0 Å². The summed E-state index contributed by atoms with van der Waals surface area (Å²) in [5, 5.41) is 4.56. The fourth-order valence-corrected chi connectivity index (χ4v) is 0.786. The molecule has 0 aromatic rings. The van der Waals surface area contributed by atoms with Crippen LogP contribution >= 0.6 is 0 Å². The first kappa shape index (κ1) is 9.48. The average molecular weight is 192 g/mol. The zero-order chi connectivity index (χ0) is 7.33. The maximum absolute atomic E-state index is 5.33. The van der Waals surface area contributed by atoms with Crippen LogP contribution in [0.4, 0.5) is 0 Å². The van der Waals surface area contributed by atoms with Crippen LogP contribution in [0.1, 0.15) is 13.8 Å². The first-order chi connectivity index (χ1) is 4.12. The van der Waals surface area contributed by atoms with Gasteiger partial charge in [-0.1, -0.05) is 0 Å². The van der Waals surface area contributed by atoms with Gasteiger partial charge in [0.2, 0.25) is 0 Å². The molecular weight excluding hydrogens is 175 g/mol. The quantitative estimate of drug-likeness (QED) is 0.582. The Bertz CT molecular complexity index is 73.5. The van der Waals surface area contributed by atoms with Crippen molar-refractivity contribution >= 4 is 16.9 Å². The molecule has 0 saturated heterocycles. The van der Waals surface area contributed by atoms with E-state index >= 15 is 0 Å². The molecule has 3 N–H and O–H groups in total. The van der Waals surface area contributed by atoms with Crippen LogP contribution in [0.25, 0.3) is 0 Å². The summed E-state index contributed by atoms with van der Waals surface area (Å²) in [4.78, 5) is 0. The molecule has 0 rings (SSSR count). The van der Waals surface area contributed by atoms with Gasteiger partial charge in [0.15, 0.2) is 0 Å². The van der Waals surface area contributed by atoms with Crippen molar-refractivity contribution in [2.45, 2.75) is 24.6 Å². The Hall–Kier alpha value is 0.478. The van der Waals surface area contributed by atoms with E-state index in [0.29, 0.717) is 5.54 Å². The van der Waals surface area contributed by atoms with Crippen molar-refractivity contribution in [3.8, 4) is 0 Å². The number of hydrogen-bond donors (Lipinski definition) is 2. The van der Waals surface area contributed by atoms with Crippen LogP contribution in [0.15, 0.2) is 0 Å². The Morgan fingerprint density at radius 2 is 2.11 bits per heavy atom. The molecule has 0 saturated carbocycles. The van der Waals surface area contributed by atoms with E-state index in [9.17, 15) is 0 Å². The van der Waals surface area contributed by atoms with Gasteiger partial charge in [-0.3, -0.25) is 0 Å². The number of nitrogens with two attached hydrogens (primary N) is 1. The van der Waals surface area contributed by atoms with E-state index in [2.05, 4.69) is 19.2 Å². The van der Waals surface area contributed by atoms with Gasteiger partial charge in [0, 0.05) is 0 Å². The van der Waals surface area contributed by atoms with Crippen molar-refractivity contribution in [3.63, 3.8) is 0 Å². The Balaban J connectivity index is 3.33. The van der Waals surface area contributed by atoms with Gasteiger partial charge in [-0.2, -0.15) is 0 Å². The zero-order valence-corrected chi connectivity index (χ0v) is 8.70. The van der Waals surface area contributed by atoms with Gasteiger partial charge in [0.1, 0.15) is 0 Å². The Morgan fingerprint density at radius 3 is 2.44 bits per heavy atom. The topological polar surface area (TPSA) is 38.0 Å². The summed E-state index contributed by atoms with van der Waals surface area (Å²) in [6.07, 6.45) is 0. The average Bonchev–Trinajstić information content (AvgIpc) is 1.84. The van der Waals surface area contributed by atoms with E-state index in [4.69, 9.17) is 5.73 Å². The van der Waals surface area contributed by atoms with Crippen molar-refractivity contribution in [2.75, 3.05) is 13.1 Å². The molecular formula is C6H17AsN2. The molecule has 0 aliphatic carbocycles. The fourth-order valence-electron chi connectivity index (χ4n) is 0.483. The molecule has 0 amide bonds. The van der Waals surface area contributed by atoms with Crippen LogP contribution in [0.2, 0.25) is 5.21 Å². The molecule has 1 atom stereocenters. The Kier molecular flexibility index (Phi) is 4.55. The molecule has 0 bridgehead atoms. The van der Waals surface area contributed by atoms with Gasteiger partial charge >= 0.3 is 65.6 Å². The number of nitrogens with one attached hydrogen (secondary N) is 1. The molecule has 0 aliphatic rings. The van der Waals surface area contributed by atoms with Gasteiger partial charge in [0.25, 0.3) is 0 Å². The molecule has 1 unspecified atom stereocenters. The van der Waals surface area contributed by atoms with E-state index in [-0.39, 0.29) is 0 Å². The van der Waals surface area contributed by atoms with Crippen LogP contribution in [0.3, 0.4) is 0 Å². The second kappa shape index (κ2) is 4.32. The zero-order valence-electron chi connectivity index (χ0n) is 6.28. The first-order valence-electron chi connectivity index (χ1n) is 3.27. The summed E-state index contributed by atoms with van der Waals surface area (Å²) >= 11 is 1.76. The fraction of sp³-hybridized carbons (Fsp3) is 1.00. The van der Waals surface area contributed by atoms with Gasteiger partial charge in [-0.25, -0.2) is 0 Å². The third-order valence-electron chi connectivity index (χ3n) is 1.26. The van der Waals surface area contributed by atoms with Crippen LogP contribution < -0.4 is 11.1 Å². The van der Waals surface area contributed by atoms with E-state index in [1.807, 2.05) is 0 Å². The summed E-state index contributed by atoms with van der Waals surface area (Å²) in [5.41, 5.74) is 5.62. The van der Waals surface area contributed by atoms with Crippen LogP contribution in [0.5, 0.6) is 0 Å². The van der Waals surface area contributed by atoms with E-state index in [1.54, 1.807) is 16.9 Å². The summed E-state index contributed by atoms with van der Waals surface area (Å²) in [6, 6.07) is 0. The maximum atomic E-state index is 5.33. The first-order valence-corrected chi connectivity index (χ1v) is 4.99. The van der Waals surface area contributed by atoms with Gasteiger partial charge in [-0.05, 0) is 0 Å². The van der Waals surface area contributed by atoms with Crippen molar-refractivity contribution in [1.29, 1.82) is 0 Å². The molecule has 0 heterocycles. The standard InChI is InChI=1S/C6H17AsN2/c1-6(2,5-7)9-4-3-8/h9H,3-5,7-8H2,1-2H3. The van der Waals surface area contributed by atoms with E-state index in [0.717, 1.165) is 13.1 Å². The molecule has 0 fully saturated rings. The van der Waals surface area contributed by atoms with E-state index < -0.39 is 0 Å². The molecule has 0 aromatic carbocycles. The van der Waals surface area contributed by atoms with Gasteiger partial charge in [-0.15, -0.1) is 0 Å². The predicted molar refractivity (Wildman–Crippen MR) is 44.5 cm³/mol. The van der Waals surface area contributed by atoms with Crippen LogP contribution in [-0.2, 0) is 0 Å². The predicted octanol–water partition coefficient (Wildman–Crippen LogP) is -0.635. The Morgan fingerprint density at radius 1 is 1.56 bits per heavy atom. The summed E-state index contributed by atoms with van der Waals surface area (Å²) in [6.45, 7) is 6.06. The molecule has 56 valence electrons. The third-order valence-corrected chi connectivity index (χ3v) is 3.40. The molecule has 3 heteroatoms. The second-order valence-electron chi connectivity index (χ2n) is 2.80. The molecule has 9 heavy (non-hydrogen) atoms. The molecule has 0 spiro atoms. The summed E-state index contributed by atoms with van der Waals surface area (Å²) < 4.78 is 0. The summed E-state index contributed by atoms with van der Waals surface area (Å²) in [5.74, 6) is 0. The molecule has 0 aliphatic heterocycles. The number of hydrogen-bond acceptors (Lipinski definition) is 2. The third kappa shape index (κ3) is 4.95. The SMILES string of the molecule is CC(C)(C[AsH2])NCCN. The molecule has 0 aromatic heterocycles. The molecule has 0 radical (unpaired) electrons. The van der Waals surface area contributed by atoms with Crippen molar-refractivity contribution in [3.05, 3.63) is 0 Å². The van der Waals surface area contributed by atoms with Gasteiger partial charge < -0.3 is 0 Å². The summed E-state index contributed by atoms with van der Waals surface area (Å²) in [7, 11) is 0. The second-order valence-corrected chi connectivity index (χ2v) is 3.66. The number of rotatable bonds is 4. The van der Waals surface area contributed by atoms with Crippen molar-refractivity contribution in [2.24, 2.45) is 5.73 Å². The minimum atomic E-state index is 0.291. The normalized spacial score (nSPS) is 12.0. The van der Waals surface area contributed by atoms with Crippen molar-refractivity contribution in [1.82, 2.24) is 5.32 Å². The Labute approximate surface area is 66.1 Å².